The van der Waals surface area contributed by atoms with Gasteiger partial charge in [0, 0.05) is 37.3 Å². The van der Waals surface area contributed by atoms with E-state index in [1.54, 1.807) is 0 Å². The monoisotopic (exact) mass is 452 g/mol. The third kappa shape index (κ3) is 3.69. The minimum atomic E-state index is -0.221. The van der Waals surface area contributed by atoms with Crippen LogP contribution in [-0.4, -0.2) is 53.1 Å². The molecule has 29 heavy (non-hydrogen) atoms. The van der Waals surface area contributed by atoms with Gasteiger partial charge in [-0.1, -0.05) is 0 Å². The lowest BCUT2D eigenvalue weighted by molar-refractivity contribution is 0.313. The van der Waals surface area contributed by atoms with Crippen LogP contribution < -0.4 is 16.2 Å². The number of halogens is 2. The average molecular weight is 453 g/mol. The molecule has 0 atom stereocenters. The molecule has 1 aliphatic heterocycles. The molecule has 7 nitrogen and oxygen atoms in total. The quantitative estimate of drug-likeness (QED) is 0.433. The molecule has 0 bridgehead atoms. The van der Waals surface area contributed by atoms with Gasteiger partial charge < -0.3 is 25.5 Å². The van der Waals surface area contributed by atoms with Crippen LogP contribution in [0.5, 0.6) is 0 Å². The molecular formula is C19H22Cl2N6OS. The van der Waals surface area contributed by atoms with Crippen molar-refractivity contribution in [1.82, 2.24) is 19.9 Å². The number of hydrogen-bond donors (Lipinski definition) is 3. The number of nitrogens with two attached hydrogens (primary N) is 1. The number of benzene rings is 1. The second-order valence-corrected chi connectivity index (χ2v) is 7.90. The van der Waals surface area contributed by atoms with E-state index in [2.05, 4.69) is 43.9 Å². The Morgan fingerprint density at radius 1 is 1.10 bits per heavy atom. The fraction of sp³-hybridized carbons (Fsp3) is 0.263. The van der Waals surface area contributed by atoms with Gasteiger partial charge in [0.2, 0.25) is 0 Å². The first-order valence-electron chi connectivity index (χ1n) is 8.93. The van der Waals surface area contributed by atoms with Crippen molar-refractivity contribution in [3.8, 4) is 11.4 Å². The lowest BCUT2D eigenvalue weighted by Gasteiger charge is -2.34. The summed E-state index contributed by atoms with van der Waals surface area (Å²) in [7, 11) is 2.15. The van der Waals surface area contributed by atoms with E-state index in [4.69, 9.17) is 5.73 Å². The molecule has 4 heterocycles. The number of thiophene rings is 1. The van der Waals surface area contributed by atoms with Crippen molar-refractivity contribution in [3.63, 3.8) is 0 Å². The molecule has 1 aromatic carbocycles. The lowest BCUT2D eigenvalue weighted by Crippen LogP contribution is -2.44. The van der Waals surface area contributed by atoms with Gasteiger partial charge >= 0.3 is 0 Å². The fourth-order valence-corrected chi connectivity index (χ4v) is 4.45. The minimum Gasteiger partial charge on any atom is -0.397 e. The molecule has 5 rings (SSSR count). The van der Waals surface area contributed by atoms with E-state index in [9.17, 15) is 4.79 Å². The number of aromatic nitrogens is 3. The number of nitrogens with one attached hydrogen (secondary N) is 2. The number of imidazole rings is 1. The Labute approximate surface area is 183 Å². The summed E-state index contributed by atoms with van der Waals surface area (Å²) in [4.78, 5) is 28.9. The van der Waals surface area contributed by atoms with Gasteiger partial charge in [-0.15, -0.1) is 36.2 Å². The predicted molar refractivity (Wildman–Crippen MR) is 126 cm³/mol. The smallest absolute Gasteiger partial charge is 0.262 e. The first-order chi connectivity index (χ1) is 13.1. The number of rotatable bonds is 2. The SMILES string of the molecule is CN1CCN(c2ccc3nc(-c4c(N)c5ccsc5[nH]c4=O)[nH]c3c2)CC1.Cl.Cl. The number of aromatic amines is 2. The van der Waals surface area contributed by atoms with Gasteiger partial charge in [-0.25, -0.2) is 4.98 Å². The molecule has 3 aromatic heterocycles. The molecule has 0 aliphatic carbocycles. The molecule has 0 saturated carbocycles. The third-order valence-corrected chi connectivity index (χ3v) is 6.08. The zero-order valence-corrected chi connectivity index (χ0v) is 18.2. The zero-order valence-electron chi connectivity index (χ0n) is 15.8. The molecule has 0 unspecified atom stereocenters. The molecule has 154 valence electrons. The highest BCUT2D eigenvalue weighted by molar-refractivity contribution is 7.16. The van der Waals surface area contributed by atoms with Gasteiger partial charge in [-0.05, 0) is 36.7 Å². The average Bonchev–Trinajstić information content (AvgIpc) is 3.28. The van der Waals surface area contributed by atoms with Crippen LogP contribution in [0.3, 0.4) is 0 Å². The van der Waals surface area contributed by atoms with Gasteiger partial charge in [0.15, 0.2) is 0 Å². The van der Waals surface area contributed by atoms with Gasteiger partial charge in [-0.2, -0.15) is 0 Å². The van der Waals surface area contributed by atoms with E-state index in [1.807, 2.05) is 17.5 Å². The summed E-state index contributed by atoms with van der Waals surface area (Å²) < 4.78 is 0. The maximum atomic E-state index is 12.6. The normalized spacial score (nSPS) is 14.7. The minimum absolute atomic E-state index is 0. The zero-order chi connectivity index (χ0) is 18.5. The Balaban J connectivity index is 0.00000120. The Kier molecular flexibility index (Phi) is 6.09. The number of piperazine rings is 1. The van der Waals surface area contributed by atoms with Crippen molar-refractivity contribution in [2.24, 2.45) is 0 Å². The molecule has 0 radical (unpaired) electrons. The Morgan fingerprint density at radius 3 is 2.62 bits per heavy atom. The lowest BCUT2D eigenvalue weighted by atomic mass is 10.2. The molecule has 4 aromatic rings. The summed E-state index contributed by atoms with van der Waals surface area (Å²) in [6.45, 7) is 4.12. The predicted octanol–water partition coefficient (Wildman–Crippen LogP) is 3.31. The summed E-state index contributed by atoms with van der Waals surface area (Å²) in [6.07, 6.45) is 0. The standard InChI is InChI=1S/C19H20N6OS.2ClH/c1-24-5-7-25(8-6-24)11-2-3-13-14(10-11)22-17(21-13)15-16(20)12-4-9-27-19(12)23-18(15)26;;/h2-4,9-10H,5-8H2,1H3,(H,21,22)(H3,20,23,26);2*1H. The number of anilines is 2. The molecule has 1 aliphatic rings. The number of nitrogens with zero attached hydrogens (tertiary/aromatic N) is 3. The van der Waals surface area contributed by atoms with Crippen LogP contribution in [0.1, 0.15) is 0 Å². The van der Waals surface area contributed by atoms with Gasteiger partial charge in [0.05, 0.1) is 16.7 Å². The van der Waals surface area contributed by atoms with Gasteiger partial charge in [-0.3, -0.25) is 4.79 Å². The van der Waals surface area contributed by atoms with E-state index in [0.29, 0.717) is 17.1 Å². The first-order valence-corrected chi connectivity index (χ1v) is 9.81. The highest BCUT2D eigenvalue weighted by Gasteiger charge is 2.18. The van der Waals surface area contributed by atoms with Gasteiger partial charge in [0.1, 0.15) is 16.2 Å². The molecule has 0 amide bonds. The number of hydrogen-bond acceptors (Lipinski definition) is 6. The molecule has 4 N–H and O–H groups in total. The summed E-state index contributed by atoms with van der Waals surface area (Å²) in [6, 6.07) is 8.11. The molecule has 1 fully saturated rings. The van der Waals surface area contributed by atoms with E-state index < -0.39 is 0 Å². The van der Waals surface area contributed by atoms with Crippen LogP contribution >= 0.6 is 36.2 Å². The summed E-state index contributed by atoms with van der Waals surface area (Å²) in [5, 5.41) is 2.77. The van der Waals surface area contributed by atoms with Crippen molar-refractivity contribution < 1.29 is 0 Å². The van der Waals surface area contributed by atoms with Crippen LogP contribution in [0, 0.1) is 0 Å². The fourth-order valence-electron chi connectivity index (χ4n) is 3.65. The van der Waals surface area contributed by atoms with Crippen molar-refractivity contribution >= 4 is 68.8 Å². The highest BCUT2D eigenvalue weighted by Crippen LogP contribution is 2.31. The van der Waals surface area contributed by atoms with E-state index in [0.717, 1.165) is 47.4 Å². The molecule has 1 saturated heterocycles. The van der Waals surface area contributed by atoms with Crippen LogP contribution in [0.2, 0.25) is 0 Å². The van der Waals surface area contributed by atoms with Crippen LogP contribution in [0.4, 0.5) is 11.4 Å². The molecule has 0 spiro atoms. The van der Waals surface area contributed by atoms with Crippen molar-refractivity contribution in [2.45, 2.75) is 0 Å². The number of fused-ring (bicyclic) bond motifs is 2. The topological polar surface area (TPSA) is 94.0 Å². The number of H-pyrrole nitrogens is 2. The maximum absolute atomic E-state index is 12.6. The summed E-state index contributed by atoms with van der Waals surface area (Å²) >= 11 is 1.47. The summed E-state index contributed by atoms with van der Waals surface area (Å²) in [5.74, 6) is 0.507. The van der Waals surface area contributed by atoms with Crippen molar-refractivity contribution in [3.05, 3.63) is 40.0 Å². The van der Waals surface area contributed by atoms with Crippen molar-refractivity contribution in [1.29, 1.82) is 0 Å². The van der Waals surface area contributed by atoms with Crippen LogP contribution in [0.25, 0.3) is 32.6 Å². The maximum Gasteiger partial charge on any atom is 0.262 e. The molecular weight excluding hydrogens is 431 g/mol. The van der Waals surface area contributed by atoms with E-state index in [1.165, 1.54) is 17.0 Å². The van der Waals surface area contributed by atoms with E-state index in [-0.39, 0.29) is 30.4 Å². The number of likely N-dealkylation sites (N-methyl/N-ethyl adjacent to an activating group) is 1. The van der Waals surface area contributed by atoms with Crippen LogP contribution in [0.15, 0.2) is 34.4 Å². The number of pyridine rings is 1. The first kappa shape index (κ1) is 21.4. The Hall–Kier alpha value is -2.26. The summed E-state index contributed by atoms with van der Waals surface area (Å²) in [5.41, 5.74) is 9.84. The number of nitrogen functional groups attached to an aromatic ring is 1. The molecule has 10 heteroatoms. The Bertz CT molecular complexity index is 1210. The second-order valence-electron chi connectivity index (χ2n) is 6.98. The highest BCUT2D eigenvalue weighted by atomic mass is 35.5. The van der Waals surface area contributed by atoms with E-state index >= 15 is 0 Å². The Morgan fingerprint density at radius 2 is 1.86 bits per heavy atom. The second kappa shape index (κ2) is 8.23. The largest absolute Gasteiger partial charge is 0.397 e. The van der Waals surface area contributed by atoms with Crippen LogP contribution in [-0.2, 0) is 0 Å². The van der Waals surface area contributed by atoms with Crippen molar-refractivity contribution in [2.75, 3.05) is 43.9 Å². The van der Waals surface area contributed by atoms with Gasteiger partial charge in [0.25, 0.3) is 5.56 Å². The third-order valence-electron chi connectivity index (χ3n) is 5.25.